The van der Waals surface area contributed by atoms with E-state index in [0.29, 0.717) is 0 Å². The van der Waals surface area contributed by atoms with E-state index in [1.807, 2.05) is 0 Å². The fraction of sp³-hybridized carbons (Fsp3) is 0.143. The van der Waals surface area contributed by atoms with Gasteiger partial charge >= 0.3 is 0 Å². The summed E-state index contributed by atoms with van der Waals surface area (Å²) in [6.45, 7) is 0. The van der Waals surface area contributed by atoms with E-state index in [2.05, 4.69) is 323 Å². The topological polar surface area (TPSA) is 13.0 Å². The van der Waals surface area contributed by atoms with Crippen LogP contribution in [0.4, 0.5) is 68.2 Å². The summed E-state index contributed by atoms with van der Waals surface area (Å²) in [7, 11) is 0. The first kappa shape index (κ1) is 53.3. The van der Waals surface area contributed by atoms with Gasteiger partial charge in [0.2, 0.25) is 0 Å². The Balaban J connectivity index is 0.752. The van der Waals surface area contributed by atoms with Crippen molar-refractivity contribution in [2.75, 3.05) is 19.6 Å². The number of hydrogen-bond donors (Lipinski definition) is 0. The number of nitrogens with zero attached hydrogens (tertiary/aromatic N) is 4. The first-order valence-corrected chi connectivity index (χ1v) is 31.9. The molecule has 0 atom stereocenters. The Morgan fingerprint density at radius 3 is 0.716 bits per heavy atom. The summed E-state index contributed by atoms with van der Waals surface area (Å²) in [4.78, 5) is 9.61. The van der Waals surface area contributed by atoms with Gasteiger partial charge < -0.3 is 19.6 Å². The summed E-state index contributed by atoms with van der Waals surface area (Å²) in [6.07, 6.45) is 12.4. The molecule has 16 rings (SSSR count). The standard InChI is InChI=1S/C84H70N4/c1-7-23-63(24-8-1)85(64-25-9-2-10-26-64)69-43-45-70(46-44-69)86(65-27-11-3-12-28-65)67-39-35-61(36-40-67)62-37-41-68(42-38-62)88(74-52-54-78-76-32-16-18-34-80(76)84(82(78)60-74)57-21-6-22-58-84)72-49-47-71(48-50-72)87(66-29-13-4-14-30-66)73-51-53-77-75-31-15-17-33-79(75)83(81(77)59-73)55-19-5-20-56-83/h1-4,7-18,23-54,59-60H,5-6,19-22,55-58H2. The Hall–Kier alpha value is -10.2. The maximum absolute atomic E-state index is 2.55. The van der Waals surface area contributed by atoms with Crippen molar-refractivity contribution >= 4 is 68.2 Å². The molecule has 2 spiro atoms. The molecule has 4 heteroatoms. The molecule has 426 valence electrons. The average molecular weight is 1140 g/mol. The predicted octanol–water partition coefficient (Wildman–Crippen LogP) is 23.7. The minimum atomic E-state index is 0.0286. The van der Waals surface area contributed by atoms with E-state index in [4.69, 9.17) is 0 Å². The molecule has 2 fully saturated rings. The van der Waals surface area contributed by atoms with Gasteiger partial charge in [0, 0.05) is 79.1 Å². The van der Waals surface area contributed by atoms with Crippen molar-refractivity contribution in [1.82, 2.24) is 0 Å². The van der Waals surface area contributed by atoms with Crippen LogP contribution in [0.3, 0.4) is 0 Å². The number of rotatable bonds is 13. The fourth-order valence-corrected chi connectivity index (χ4v) is 15.8. The maximum Gasteiger partial charge on any atom is 0.0465 e. The molecule has 12 aromatic carbocycles. The van der Waals surface area contributed by atoms with Crippen LogP contribution in [0.15, 0.2) is 303 Å². The van der Waals surface area contributed by atoms with Gasteiger partial charge in [-0.2, -0.15) is 0 Å². The monoisotopic (exact) mass is 1130 g/mol. The fourth-order valence-electron chi connectivity index (χ4n) is 15.8. The van der Waals surface area contributed by atoms with E-state index in [1.165, 1.54) is 126 Å². The van der Waals surface area contributed by atoms with Crippen LogP contribution < -0.4 is 19.6 Å². The summed E-state index contributed by atoms with van der Waals surface area (Å²) in [5.41, 5.74) is 27.5. The zero-order chi connectivity index (χ0) is 58.4. The Morgan fingerprint density at radius 2 is 0.409 bits per heavy atom. The number of fused-ring (bicyclic) bond motifs is 10. The summed E-state index contributed by atoms with van der Waals surface area (Å²) in [6, 6.07) is 113. The van der Waals surface area contributed by atoms with Gasteiger partial charge in [-0.3, -0.25) is 0 Å². The summed E-state index contributed by atoms with van der Waals surface area (Å²) in [5.74, 6) is 0. The Bertz CT molecular complexity index is 4380. The van der Waals surface area contributed by atoms with Gasteiger partial charge in [0.1, 0.15) is 0 Å². The van der Waals surface area contributed by atoms with Crippen molar-refractivity contribution in [3.8, 4) is 33.4 Å². The van der Waals surface area contributed by atoms with Crippen LogP contribution in [0.25, 0.3) is 33.4 Å². The molecule has 0 N–H and O–H groups in total. The van der Waals surface area contributed by atoms with Crippen LogP contribution in [0.5, 0.6) is 0 Å². The van der Waals surface area contributed by atoms with Crippen molar-refractivity contribution in [3.63, 3.8) is 0 Å². The minimum absolute atomic E-state index is 0.0286. The first-order chi connectivity index (χ1) is 43.6. The van der Waals surface area contributed by atoms with Crippen molar-refractivity contribution < 1.29 is 0 Å². The largest absolute Gasteiger partial charge is 0.311 e. The average Bonchev–Trinajstić information content (AvgIpc) is 1.68. The minimum Gasteiger partial charge on any atom is -0.311 e. The number of benzene rings is 12. The van der Waals surface area contributed by atoms with E-state index >= 15 is 0 Å². The lowest BCUT2D eigenvalue weighted by Gasteiger charge is -2.37. The summed E-state index contributed by atoms with van der Waals surface area (Å²) in [5, 5.41) is 0. The quantitative estimate of drug-likeness (QED) is 0.114. The van der Waals surface area contributed by atoms with Crippen molar-refractivity contribution in [2.24, 2.45) is 0 Å². The molecule has 4 nitrogen and oxygen atoms in total. The molecule has 12 aromatic rings. The summed E-state index contributed by atoms with van der Waals surface area (Å²) < 4.78 is 0. The van der Waals surface area contributed by atoms with Crippen molar-refractivity contribution in [2.45, 2.75) is 75.0 Å². The molecular weight excluding hydrogens is 1060 g/mol. The van der Waals surface area contributed by atoms with Crippen LogP contribution >= 0.6 is 0 Å². The van der Waals surface area contributed by atoms with E-state index in [9.17, 15) is 0 Å². The molecule has 4 aliphatic carbocycles. The van der Waals surface area contributed by atoms with E-state index in [0.717, 1.165) is 62.4 Å². The highest BCUT2D eigenvalue weighted by atomic mass is 15.2. The lowest BCUT2D eigenvalue weighted by molar-refractivity contribution is 0.353. The van der Waals surface area contributed by atoms with Gasteiger partial charge in [0.05, 0.1) is 0 Å². The Kier molecular flexibility index (Phi) is 13.7. The Morgan fingerprint density at radius 1 is 0.182 bits per heavy atom. The second-order valence-corrected chi connectivity index (χ2v) is 24.6. The van der Waals surface area contributed by atoms with E-state index in [1.54, 1.807) is 0 Å². The van der Waals surface area contributed by atoms with Crippen molar-refractivity contribution in [1.29, 1.82) is 0 Å². The lowest BCUT2D eigenvalue weighted by atomic mass is 9.68. The molecule has 2 saturated carbocycles. The third-order valence-corrected chi connectivity index (χ3v) is 19.8. The van der Waals surface area contributed by atoms with Gasteiger partial charge in [-0.05, 0) is 227 Å². The zero-order valence-electron chi connectivity index (χ0n) is 49.7. The Labute approximate surface area is 518 Å². The molecule has 0 aliphatic heterocycles. The van der Waals surface area contributed by atoms with Crippen LogP contribution in [-0.4, -0.2) is 0 Å². The van der Waals surface area contributed by atoms with Gasteiger partial charge in [0.25, 0.3) is 0 Å². The third kappa shape index (κ3) is 9.29. The van der Waals surface area contributed by atoms with Crippen molar-refractivity contribution in [3.05, 3.63) is 326 Å². The highest BCUT2D eigenvalue weighted by Crippen LogP contribution is 2.59. The van der Waals surface area contributed by atoms with E-state index < -0.39 is 0 Å². The first-order valence-electron chi connectivity index (χ1n) is 31.9. The molecule has 0 saturated heterocycles. The van der Waals surface area contributed by atoms with Gasteiger partial charge in [-0.1, -0.05) is 196 Å². The molecule has 4 aliphatic rings. The van der Waals surface area contributed by atoms with Gasteiger partial charge in [0.15, 0.2) is 0 Å². The van der Waals surface area contributed by atoms with E-state index in [-0.39, 0.29) is 10.8 Å². The van der Waals surface area contributed by atoms with Crippen LogP contribution in [0, 0.1) is 0 Å². The molecule has 0 aromatic heterocycles. The molecule has 0 amide bonds. The number of para-hydroxylation sites is 4. The van der Waals surface area contributed by atoms with Gasteiger partial charge in [-0.25, -0.2) is 0 Å². The smallest absolute Gasteiger partial charge is 0.0465 e. The lowest BCUT2D eigenvalue weighted by Crippen LogP contribution is -2.28. The van der Waals surface area contributed by atoms with Crippen LogP contribution in [0.1, 0.15) is 86.5 Å². The highest BCUT2D eigenvalue weighted by Gasteiger charge is 2.45. The zero-order valence-corrected chi connectivity index (χ0v) is 49.7. The SMILES string of the molecule is c1ccc(N(c2ccccc2)c2ccc(N(c3ccccc3)c3ccc(-c4ccc(N(c5ccc(N(c6ccccc6)c6ccc7c(c6)C6(CCCCC6)c6ccccc6-7)cc5)c5ccc6c(c5)C5(CCCCC5)c5ccccc5-6)cc4)cc3)cc2)cc1. The highest BCUT2D eigenvalue weighted by molar-refractivity contribution is 5.90. The summed E-state index contributed by atoms with van der Waals surface area (Å²) >= 11 is 0. The predicted molar refractivity (Wildman–Crippen MR) is 369 cm³/mol. The third-order valence-electron chi connectivity index (χ3n) is 19.8. The molecule has 0 heterocycles. The normalized spacial score (nSPS) is 14.8. The molecule has 0 bridgehead atoms. The van der Waals surface area contributed by atoms with Crippen LogP contribution in [0.2, 0.25) is 0 Å². The second-order valence-electron chi connectivity index (χ2n) is 24.6. The second kappa shape index (κ2) is 22.6. The maximum atomic E-state index is 2.55. The number of anilines is 12. The molecule has 88 heavy (non-hydrogen) atoms. The molecular formula is C84H70N4. The number of hydrogen-bond acceptors (Lipinski definition) is 4. The van der Waals surface area contributed by atoms with Gasteiger partial charge in [-0.15, -0.1) is 0 Å². The molecule has 0 unspecified atom stereocenters. The van der Waals surface area contributed by atoms with Crippen LogP contribution in [-0.2, 0) is 10.8 Å². The molecule has 0 radical (unpaired) electrons.